The fourth-order valence-electron chi connectivity index (χ4n) is 3.40. The normalized spacial score (nSPS) is 14.0. The van der Waals surface area contributed by atoms with Gasteiger partial charge in [-0.05, 0) is 54.8 Å². The van der Waals surface area contributed by atoms with Crippen molar-refractivity contribution in [3.8, 4) is 34.1 Å². The number of hydrogen-bond acceptors (Lipinski definition) is 2. The summed E-state index contributed by atoms with van der Waals surface area (Å²) in [5.74, 6) is 0.875. The van der Waals surface area contributed by atoms with E-state index in [2.05, 4.69) is 72.2 Å². The molecule has 3 aromatic carbocycles. The molecule has 0 radical (unpaired) electrons. The third-order valence-electron chi connectivity index (χ3n) is 4.57. The van der Waals surface area contributed by atoms with E-state index in [0.717, 1.165) is 26.9 Å². The quantitative estimate of drug-likeness (QED) is 0.490. The second kappa shape index (κ2) is 5.75. The number of nitriles is 1. The Morgan fingerprint density at radius 1 is 0.920 bits per heavy atom. The summed E-state index contributed by atoms with van der Waals surface area (Å²) in [4.78, 5) is 0. The van der Waals surface area contributed by atoms with Gasteiger partial charge in [-0.1, -0.05) is 52.3 Å². The first-order valence-corrected chi connectivity index (χ1v) is 8.91. The highest BCUT2D eigenvalue weighted by Gasteiger charge is 2.32. The lowest BCUT2D eigenvalue weighted by Gasteiger charge is -2.35. The van der Waals surface area contributed by atoms with Crippen LogP contribution in [-0.4, -0.2) is 0 Å². The zero-order valence-corrected chi connectivity index (χ0v) is 15.6. The average molecular weight is 390 g/mol. The summed E-state index contributed by atoms with van der Waals surface area (Å²) in [5.41, 5.74) is 5.80. The van der Waals surface area contributed by atoms with Crippen LogP contribution in [0.1, 0.15) is 25.0 Å². The lowest BCUT2D eigenvalue weighted by molar-refractivity contribution is 0.106. The molecule has 0 fully saturated rings. The van der Waals surface area contributed by atoms with E-state index in [4.69, 9.17) is 4.74 Å². The van der Waals surface area contributed by atoms with Gasteiger partial charge in [0, 0.05) is 15.6 Å². The molecule has 3 heteroatoms. The lowest BCUT2D eigenvalue weighted by Crippen LogP contribution is -2.29. The van der Waals surface area contributed by atoms with Crippen LogP contribution in [0.15, 0.2) is 65.1 Å². The summed E-state index contributed by atoms with van der Waals surface area (Å²) in [6.07, 6.45) is 0. The van der Waals surface area contributed by atoms with Crippen molar-refractivity contribution >= 4 is 15.9 Å². The fraction of sp³-hybridized carbons (Fsp3) is 0.136. The largest absolute Gasteiger partial charge is 0.482 e. The van der Waals surface area contributed by atoms with Crippen LogP contribution in [0.25, 0.3) is 22.3 Å². The van der Waals surface area contributed by atoms with Crippen LogP contribution in [0, 0.1) is 11.3 Å². The number of rotatable bonds is 1. The molecule has 0 aromatic heterocycles. The van der Waals surface area contributed by atoms with E-state index in [1.807, 2.05) is 24.3 Å². The van der Waals surface area contributed by atoms with Crippen LogP contribution >= 0.6 is 15.9 Å². The van der Waals surface area contributed by atoms with Gasteiger partial charge < -0.3 is 4.74 Å². The predicted octanol–water partition coefficient (Wildman–Crippen LogP) is 6.28. The standard InChI is InChI=1S/C22H16BrNO/c1-22(2)20-6-4-3-5-18(20)19-8-7-15(12-21(19)25-22)16-9-14(13-24)10-17(23)11-16/h3-12H,1-2H3. The molecular weight excluding hydrogens is 374 g/mol. The van der Waals surface area contributed by atoms with Gasteiger partial charge in [0.25, 0.3) is 0 Å². The minimum Gasteiger partial charge on any atom is -0.482 e. The fourth-order valence-corrected chi connectivity index (χ4v) is 3.90. The van der Waals surface area contributed by atoms with E-state index in [1.165, 1.54) is 11.1 Å². The third-order valence-corrected chi connectivity index (χ3v) is 5.03. The SMILES string of the molecule is CC1(C)Oc2cc(-c3cc(Br)cc(C#N)c3)ccc2-c2ccccc21. The van der Waals surface area contributed by atoms with Crippen LogP contribution in [0.2, 0.25) is 0 Å². The van der Waals surface area contributed by atoms with E-state index in [1.54, 1.807) is 0 Å². The average Bonchev–Trinajstić information content (AvgIpc) is 2.60. The monoisotopic (exact) mass is 389 g/mol. The van der Waals surface area contributed by atoms with Crippen LogP contribution in [-0.2, 0) is 5.60 Å². The van der Waals surface area contributed by atoms with Gasteiger partial charge in [-0.15, -0.1) is 0 Å². The molecule has 0 saturated carbocycles. The van der Waals surface area contributed by atoms with Gasteiger partial charge in [-0.2, -0.15) is 5.26 Å². The Labute approximate surface area is 155 Å². The van der Waals surface area contributed by atoms with E-state index >= 15 is 0 Å². The predicted molar refractivity (Wildman–Crippen MR) is 103 cm³/mol. The molecule has 2 nitrogen and oxygen atoms in total. The van der Waals surface area contributed by atoms with E-state index in [0.29, 0.717) is 5.56 Å². The Morgan fingerprint density at radius 2 is 1.72 bits per heavy atom. The van der Waals surface area contributed by atoms with Crippen molar-refractivity contribution in [2.24, 2.45) is 0 Å². The Kier molecular flexibility index (Phi) is 3.67. The molecule has 1 aliphatic heterocycles. The van der Waals surface area contributed by atoms with Crippen LogP contribution in [0.4, 0.5) is 0 Å². The zero-order chi connectivity index (χ0) is 17.6. The van der Waals surface area contributed by atoms with Crippen molar-refractivity contribution in [2.45, 2.75) is 19.4 Å². The molecule has 1 aliphatic rings. The smallest absolute Gasteiger partial charge is 0.129 e. The summed E-state index contributed by atoms with van der Waals surface area (Å²) >= 11 is 3.48. The van der Waals surface area contributed by atoms with Gasteiger partial charge >= 0.3 is 0 Å². The summed E-state index contributed by atoms with van der Waals surface area (Å²) < 4.78 is 7.21. The molecule has 122 valence electrons. The number of halogens is 1. The number of ether oxygens (including phenoxy) is 1. The molecule has 0 atom stereocenters. The zero-order valence-electron chi connectivity index (χ0n) is 14.0. The molecule has 0 N–H and O–H groups in total. The summed E-state index contributed by atoms with van der Waals surface area (Å²) in [6, 6.07) is 22.6. The highest BCUT2D eigenvalue weighted by Crippen LogP contribution is 2.46. The second-order valence-corrected chi connectivity index (χ2v) is 7.62. The highest BCUT2D eigenvalue weighted by atomic mass is 79.9. The number of benzene rings is 3. The van der Waals surface area contributed by atoms with Gasteiger partial charge in [0.2, 0.25) is 0 Å². The van der Waals surface area contributed by atoms with Crippen LogP contribution in [0.3, 0.4) is 0 Å². The number of fused-ring (bicyclic) bond motifs is 3. The molecule has 0 unspecified atom stereocenters. The first-order valence-electron chi connectivity index (χ1n) is 8.12. The van der Waals surface area contributed by atoms with Crippen LogP contribution < -0.4 is 4.74 Å². The van der Waals surface area contributed by atoms with Crippen molar-refractivity contribution in [1.82, 2.24) is 0 Å². The van der Waals surface area contributed by atoms with Crippen molar-refractivity contribution < 1.29 is 4.74 Å². The molecule has 0 spiro atoms. The maximum Gasteiger partial charge on any atom is 0.129 e. The first kappa shape index (κ1) is 15.9. The summed E-state index contributed by atoms with van der Waals surface area (Å²) in [5, 5.41) is 9.21. The van der Waals surface area contributed by atoms with Crippen molar-refractivity contribution in [3.05, 3.63) is 76.3 Å². The lowest BCUT2D eigenvalue weighted by atomic mass is 9.85. The molecule has 4 rings (SSSR count). The molecule has 0 bridgehead atoms. The topological polar surface area (TPSA) is 33.0 Å². The number of hydrogen-bond donors (Lipinski definition) is 0. The molecule has 0 saturated heterocycles. The first-order chi connectivity index (χ1) is 12.0. The van der Waals surface area contributed by atoms with Crippen molar-refractivity contribution in [2.75, 3.05) is 0 Å². The van der Waals surface area contributed by atoms with Gasteiger partial charge in [0.15, 0.2) is 0 Å². The van der Waals surface area contributed by atoms with E-state index in [9.17, 15) is 5.26 Å². The van der Waals surface area contributed by atoms with E-state index in [-0.39, 0.29) is 5.60 Å². The number of nitrogens with zero attached hydrogens (tertiary/aromatic N) is 1. The maximum absolute atomic E-state index is 9.21. The van der Waals surface area contributed by atoms with Gasteiger partial charge in [0.1, 0.15) is 11.4 Å². The Morgan fingerprint density at radius 3 is 2.52 bits per heavy atom. The van der Waals surface area contributed by atoms with E-state index < -0.39 is 0 Å². The molecular formula is C22H16BrNO. The van der Waals surface area contributed by atoms with Crippen molar-refractivity contribution in [3.63, 3.8) is 0 Å². The Hall–Kier alpha value is -2.57. The second-order valence-electron chi connectivity index (χ2n) is 6.71. The molecule has 0 aliphatic carbocycles. The molecule has 3 aromatic rings. The van der Waals surface area contributed by atoms with Gasteiger partial charge in [-0.3, -0.25) is 0 Å². The third kappa shape index (κ3) is 2.73. The molecule has 1 heterocycles. The molecule has 25 heavy (non-hydrogen) atoms. The summed E-state index contributed by atoms with van der Waals surface area (Å²) in [6.45, 7) is 4.18. The minimum absolute atomic E-state index is 0.378. The highest BCUT2D eigenvalue weighted by molar-refractivity contribution is 9.10. The minimum atomic E-state index is -0.378. The maximum atomic E-state index is 9.21. The van der Waals surface area contributed by atoms with Crippen molar-refractivity contribution in [1.29, 1.82) is 5.26 Å². The van der Waals surface area contributed by atoms with Gasteiger partial charge in [-0.25, -0.2) is 0 Å². The van der Waals surface area contributed by atoms with Crippen LogP contribution in [0.5, 0.6) is 5.75 Å². The Bertz CT molecular complexity index is 1030. The summed E-state index contributed by atoms with van der Waals surface area (Å²) in [7, 11) is 0. The Balaban J connectivity index is 1.88. The molecule has 0 amide bonds. The van der Waals surface area contributed by atoms with Gasteiger partial charge in [0.05, 0.1) is 11.6 Å².